The third-order valence-corrected chi connectivity index (χ3v) is 8.17. The molecular weight excluding hydrogens is 520 g/mol. The molecule has 0 unspecified atom stereocenters. The number of methoxy groups -OCH3 is 2. The molecule has 5 atom stereocenters. The zero-order valence-corrected chi connectivity index (χ0v) is 26.9. The van der Waals surface area contributed by atoms with Crippen molar-refractivity contribution in [2.45, 2.75) is 172 Å². The van der Waals surface area contributed by atoms with Gasteiger partial charge in [-0.2, -0.15) is 0 Å². The smallest absolute Gasteiger partial charge is 0.147 e. The van der Waals surface area contributed by atoms with Gasteiger partial charge < -0.3 is 33.9 Å². The zero-order valence-electron chi connectivity index (χ0n) is 26.9. The third kappa shape index (κ3) is 20.9. The Hall–Kier alpha value is -0.540. The maximum absolute atomic E-state index is 10.5. The van der Waals surface area contributed by atoms with E-state index in [4.69, 9.17) is 28.8 Å². The summed E-state index contributed by atoms with van der Waals surface area (Å²) in [6, 6.07) is 0. The highest BCUT2D eigenvalue weighted by Crippen LogP contribution is 2.30. The van der Waals surface area contributed by atoms with E-state index in [2.05, 4.69) is 6.92 Å². The molecule has 0 aromatic rings. The van der Waals surface area contributed by atoms with Gasteiger partial charge in [-0.15, -0.1) is 0 Å². The van der Waals surface area contributed by atoms with Crippen LogP contribution < -0.4 is 0 Å². The summed E-state index contributed by atoms with van der Waals surface area (Å²) < 4.78 is 28.9. The summed E-state index contributed by atoms with van der Waals surface area (Å²) in [4.78, 5) is 0. The molecule has 0 radical (unpaired) electrons. The number of aliphatic hydroxyl groups excluding tert-OH is 2. The highest BCUT2D eigenvalue weighted by atomic mass is 16.7. The van der Waals surface area contributed by atoms with Crippen LogP contribution in [0.15, 0.2) is 12.2 Å². The van der Waals surface area contributed by atoms with Crippen molar-refractivity contribution in [1.29, 1.82) is 0 Å². The van der Waals surface area contributed by atoms with Crippen LogP contribution in [-0.2, 0) is 23.7 Å². The summed E-state index contributed by atoms with van der Waals surface area (Å²) in [6.07, 6.45) is 27.6. The summed E-state index contributed by atoms with van der Waals surface area (Å²) in [5.41, 5.74) is 0. The van der Waals surface area contributed by atoms with Gasteiger partial charge in [0.25, 0.3) is 0 Å². The van der Waals surface area contributed by atoms with Crippen LogP contribution in [0.3, 0.4) is 0 Å². The first kappa shape index (κ1) is 38.5. The normalized spacial score (nSPS) is 19.7. The number of aliphatic hydroxyl groups is 2. The van der Waals surface area contributed by atoms with Gasteiger partial charge in [0.1, 0.15) is 19.7 Å². The topological polar surface area (TPSA) is 86.6 Å². The third-order valence-electron chi connectivity index (χ3n) is 8.17. The standard InChI is InChI=1S/C34H66O7/c1-4-5-6-7-8-9-10-11-12-13-16-19-22-31(39-28-37-2)33-25-26-34(41-33)32(40-29-38-3)24-23-30(36)21-18-15-14-17-20-27-35/h23-24,30-36H,4-22,25-29H2,1-3H3/b24-23+/t30-,31-,32-,33-,34-/m1/s1. The molecule has 7 nitrogen and oxygen atoms in total. The molecule has 2 N–H and O–H groups in total. The number of ether oxygens (including phenoxy) is 5. The van der Waals surface area contributed by atoms with Crippen LogP contribution in [-0.4, -0.2) is 75.1 Å². The number of hydrogen-bond donors (Lipinski definition) is 2. The van der Waals surface area contributed by atoms with Crippen LogP contribution in [0.5, 0.6) is 0 Å². The Labute approximate surface area is 252 Å². The fourth-order valence-corrected chi connectivity index (χ4v) is 5.69. The van der Waals surface area contributed by atoms with Gasteiger partial charge in [-0.1, -0.05) is 122 Å². The molecule has 0 amide bonds. The average molecular weight is 587 g/mol. The van der Waals surface area contributed by atoms with Crippen molar-refractivity contribution in [3.8, 4) is 0 Å². The van der Waals surface area contributed by atoms with Crippen molar-refractivity contribution in [2.75, 3.05) is 34.4 Å². The molecule has 1 heterocycles. The molecule has 1 aliphatic heterocycles. The minimum Gasteiger partial charge on any atom is -0.396 e. The van der Waals surface area contributed by atoms with E-state index in [9.17, 15) is 5.11 Å². The van der Waals surface area contributed by atoms with Crippen molar-refractivity contribution < 1.29 is 33.9 Å². The summed E-state index contributed by atoms with van der Waals surface area (Å²) >= 11 is 0. The minimum atomic E-state index is -0.498. The second kappa shape index (κ2) is 28.2. The lowest BCUT2D eigenvalue weighted by molar-refractivity contribution is -0.149. The summed E-state index contributed by atoms with van der Waals surface area (Å²) in [7, 11) is 3.28. The van der Waals surface area contributed by atoms with E-state index in [-0.39, 0.29) is 44.6 Å². The SMILES string of the molecule is CCCCCCCCCCCCCC[C@@H](OCOC)[C@H]1CC[C@H]([C@@H](/C=C/[C@H](O)CCCCCCCO)OCOC)O1. The van der Waals surface area contributed by atoms with Gasteiger partial charge in [-0.25, -0.2) is 0 Å². The molecule has 0 bridgehead atoms. The predicted molar refractivity (Wildman–Crippen MR) is 167 cm³/mol. The molecule has 7 heteroatoms. The largest absolute Gasteiger partial charge is 0.396 e. The van der Waals surface area contributed by atoms with E-state index in [0.29, 0.717) is 0 Å². The fourth-order valence-electron chi connectivity index (χ4n) is 5.69. The lowest BCUT2D eigenvalue weighted by atomic mass is 10.0. The highest BCUT2D eigenvalue weighted by molar-refractivity contribution is 4.99. The number of rotatable bonds is 30. The van der Waals surface area contributed by atoms with Crippen LogP contribution in [0.1, 0.15) is 142 Å². The molecule has 1 saturated heterocycles. The molecule has 1 aliphatic rings. The maximum Gasteiger partial charge on any atom is 0.147 e. The van der Waals surface area contributed by atoms with Gasteiger partial charge >= 0.3 is 0 Å². The summed E-state index contributed by atoms with van der Waals surface area (Å²) in [5.74, 6) is 0. The van der Waals surface area contributed by atoms with Crippen LogP contribution in [0.25, 0.3) is 0 Å². The van der Waals surface area contributed by atoms with E-state index in [1.54, 1.807) is 14.2 Å². The van der Waals surface area contributed by atoms with Gasteiger partial charge in [0, 0.05) is 20.8 Å². The quantitative estimate of drug-likeness (QED) is 0.0503. The van der Waals surface area contributed by atoms with E-state index in [1.807, 2.05) is 12.2 Å². The summed E-state index contributed by atoms with van der Waals surface area (Å²) in [6.45, 7) is 3.00. The van der Waals surface area contributed by atoms with Crippen molar-refractivity contribution in [2.24, 2.45) is 0 Å². The Morgan fingerprint density at radius 2 is 1.17 bits per heavy atom. The van der Waals surface area contributed by atoms with Crippen molar-refractivity contribution >= 4 is 0 Å². The molecular formula is C34H66O7. The monoisotopic (exact) mass is 586 g/mol. The second-order valence-corrected chi connectivity index (χ2v) is 11.8. The van der Waals surface area contributed by atoms with Gasteiger partial charge in [0.15, 0.2) is 0 Å². The van der Waals surface area contributed by atoms with E-state index < -0.39 is 6.10 Å². The van der Waals surface area contributed by atoms with Crippen molar-refractivity contribution in [1.82, 2.24) is 0 Å². The molecule has 0 saturated carbocycles. The first-order chi connectivity index (χ1) is 20.2. The molecule has 0 aliphatic carbocycles. The van der Waals surface area contributed by atoms with Gasteiger partial charge in [0.05, 0.1) is 24.4 Å². The van der Waals surface area contributed by atoms with Gasteiger partial charge in [0.2, 0.25) is 0 Å². The van der Waals surface area contributed by atoms with Crippen molar-refractivity contribution in [3.05, 3.63) is 12.2 Å². The Balaban J connectivity index is 2.39. The van der Waals surface area contributed by atoms with Crippen LogP contribution in [0.2, 0.25) is 0 Å². The Kier molecular flexibility index (Phi) is 26.5. The maximum atomic E-state index is 10.5. The predicted octanol–water partition coefficient (Wildman–Crippen LogP) is 7.85. The Morgan fingerprint density at radius 3 is 1.76 bits per heavy atom. The van der Waals surface area contributed by atoms with Crippen LogP contribution in [0, 0.1) is 0 Å². The average Bonchev–Trinajstić information content (AvgIpc) is 3.47. The van der Waals surface area contributed by atoms with E-state index in [1.165, 1.54) is 70.6 Å². The Morgan fingerprint density at radius 1 is 0.659 bits per heavy atom. The summed E-state index contributed by atoms with van der Waals surface area (Å²) in [5, 5.41) is 19.3. The number of unbranched alkanes of at least 4 members (excludes halogenated alkanes) is 15. The molecule has 0 aromatic carbocycles. The first-order valence-corrected chi connectivity index (χ1v) is 17.0. The lowest BCUT2D eigenvalue weighted by Crippen LogP contribution is -2.34. The molecule has 41 heavy (non-hydrogen) atoms. The zero-order chi connectivity index (χ0) is 29.8. The van der Waals surface area contributed by atoms with Crippen LogP contribution >= 0.6 is 0 Å². The van der Waals surface area contributed by atoms with Gasteiger partial charge in [-0.3, -0.25) is 0 Å². The highest BCUT2D eigenvalue weighted by Gasteiger charge is 2.36. The van der Waals surface area contributed by atoms with Crippen molar-refractivity contribution in [3.63, 3.8) is 0 Å². The first-order valence-electron chi connectivity index (χ1n) is 17.0. The second-order valence-electron chi connectivity index (χ2n) is 11.8. The fraction of sp³-hybridized carbons (Fsp3) is 0.941. The Bertz CT molecular complexity index is 573. The lowest BCUT2D eigenvalue weighted by Gasteiger charge is -2.26. The van der Waals surface area contributed by atoms with Crippen LogP contribution in [0.4, 0.5) is 0 Å². The minimum absolute atomic E-state index is 0.0200. The molecule has 1 fully saturated rings. The molecule has 1 rings (SSSR count). The molecule has 244 valence electrons. The van der Waals surface area contributed by atoms with Gasteiger partial charge in [-0.05, 0) is 32.1 Å². The van der Waals surface area contributed by atoms with E-state index >= 15 is 0 Å². The number of hydrogen-bond acceptors (Lipinski definition) is 7. The molecule has 0 aromatic heterocycles. The van der Waals surface area contributed by atoms with E-state index in [0.717, 1.165) is 64.2 Å². The molecule has 0 spiro atoms.